The van der Waals surface area contributed by atoms with Gasteiger partial charge in [0.15, 0.2) is 5.78 Å². The van der Waals surface area contributed by atoms with Crippen LogP contribution in [-0.2, 0) is 10.0 Å². The molecule has 2 aromatic carbocycles. The zero-order chi connectivity index (χ0) is 20.0. The first-order valence-corrected chi connectivity index (χ1v) is 9.86. The van der Waals surface area contributed by atoms with Crippen LogP contribution in [0, 0.1) is 0 Å². The van der Waals surface area contributed by atoms with E-state index < -0.39 is 10.0 Å². The normalized spacial score (nSPS) is 11.3. The van der Waals surface area contributed by atoms with Crippen molar-refractivity contribution in [3.63, 3.8) is 0 Å². The Hall–Kier alpha value is -3.45. The summed E-state index contributed by atoms with van der Waals surface area (Å²) < 4.78 is 33.2. The minimum absolute atomic E-state index is 0.127. The van der Waals surface area contributed by atoms with Crippen LogP contribution in [0.25, 0.3) is 6.08 Å². The van der Waals surface area contributed by atoms with Gasteiger partial charge in [-0.2, -0.15) is 0 Å². The largest absolute Gasteiger partial charge is 0.495 e. The van der Waals surface area contributed by atoms with Gasteiger partial charge >= 0.3 is 0 Å². The number of nitrogens with zero attached hydrogens (tertiary/aromatic N) is 1. The molecule has 142 valence electrons. The van der Waals surface area contributed by atoms with Gasteiger partial charge in [-0.05, 0) is 42.0 Å². The number of ether oxygens (including phenoxy) is 1. The van der Waals surface area contributed by atoms with Crippen molar-refractivity contribution in [3.05, 3.63) is 90.3 Å². The topological polar surface area (TPSA) is 85.4 Å². The Balaban J connectivity index is 1.91. The van der Waals surface area contributed by atoms with Crippen LogP contribution in [0.4, 0.5) is 5.69 Å². The van der Waals surface area contributed by atoms with Crippen molar-refractivity contribution < 1.29 is 17.9 Å². The van der Waals surface area contributed by atoms with Gasteiger partial charge in [-0.1, -0.05) is 36.4 Å². The monoisotopic (exact) mass is 394 g/mol. The maximum atomic E-state index is 12.8. The standard InChI is InChI=1S/C21H18N2O4S/c1-27-20-12-10-17(19(24)11-9-16-6-3-2-4-7-16)14-21(20)28(25,26)23-18-8-5-13-22-15-18/h2-15,23H,1H3/b11-9+. The molecule has 1 N–H and O–H groups in total. The number of hydrogen-bond acceptors (Lipinski definition) is 5. The first-order valence-electron chi connectivity index (χ1n) is 8.38. The van der Waals surface area contributed by atoms with Crippen molar-refractivity contribution in [2.24, 2.45) is 0 Å². The van der Waals surface area contributed by atoms with E-state index in [1.165, 1.54) is 43.8 Å². The second-order valence-corrected chi connectivity index (χ2v) is 7.47. The molecule has 0 saturated heterocycles. The molecule has 1 heterocycles. The highest BCUT2D eigenvalue weighted by molar-refractivity contribution is 7.92. The van der Waals surface area contributed by atoms with E-state index in [-0.39, 0.29) is 22.0 Å². The number of nitrogens with one attached hydrogen (secondary N) is 1. The molecule has 3 rings (SSSR count). The molecule has 0 fully saturated rings. The van der Waals surface area contributed by atoms with Crippen molar-refractivity contribution in [2.45, 2.75) is 4.90 Å². The number of carbonyl (C=O) groups excluding carboxylic acids is 1. The fourth-order valence-corrected chi connectivity index (χ4v) is 3.74. The molecule has 3 aromatic rings. The van der Waals surface area contributed by atoms with Gasteiger partial charge in [-0.25, -0.2) is 8.42 Å². The second-order valence-electron chi connectivity index (χ2n) is 5.82. The average Bonchev–Trinajstić information content (AvgIpc) is 2.72. The molecular weight excluding hydrogens is 376 g/mol. The minimum atomic E-state index is -3.97. The molecule has 28 heavy (non-hydrogen) atoms. The maximum Gasteiger partial charge on any atom is 0.265 e. The van der Waals surface area contributed by atoms with Crippen molar-refractivity contribution in [2.75, 3.05) is 11.8 Å². The first kappa shape index (κ1) is 19.3. The number of pyridine rings is 1. The van der Waals surface area contributed by atoms with Gasteiger partial charge in [0.05, 0.1) is 19.0 Å². The highest BCUT2D eigenvalue weighted by Gasteiger charge is 2.21. The third-order valence-electron chi connectivity index (χ3n) is 3.88. The van der Waals surface area contributed by atoms with Crippen LogP contribution in [0.2, 0.25) is 0 Å². The summed E-state index contributed by atoms with van der Waals surface area (Å²) in [5.74, 6) is -0.177. The smallest absolute Gasteiger partial charge is 0.265 e. The third kappa shape index (κ3) is 4.63. The summed E-state index contributed by atoms with van der Waals surface area (Å²) >= 11 is 0. The summed E-state index contributed by atoms with van der Waals surface area (Å²) in [5.41, 5.74) is 1.42. The van der Waals surface area contributed by atoms with E-state index in [0.717, 1.165) is 5.56 Å². The number of aromatic nitrogens is 1. The lowest BCUT2D eigenvalue weighted by Gasteiger charge is -2.12. The second kappa shape index (κ2) is 8.49. The van der Waals surface area contributed by atoms with Gasteiger partial charge < -0.3 is 4.74 Å². The van der Waals surface area contributed by atoms with Crippen LogP contribution >= 0.6 is 0 Å². The van der Waals surface area contributed by atoms with Crippen molar-refractivity contribution in [3.8, 4) is 5.75 Å². The molecule has 0 bridgehead atoms. The van der Waals surface area contributed by atoms with Crippen molar-refractivity contribution >= 4 is 27.6 Å². The summed E-state index contributed by atoms with van der Waals surface area (Å²) in [4.78, 5) is 16.3. The van der Waals surface area contributed by atoms with E-state index in [0.29, 0.717) is 5.69 Å². The zero-order valence-corrected chi connectivity index (χ0v) is 15.9. The van der Waals surface area contributed by atoms with E-state index in [1.807, 2.05) is 30.3 Å². The number of anilines is 1. The van der Waals surface area contributed by atoms with E-state index >= 15 is 0 Å². The van der Waals surface area contributed by atoms with Gasteiger partial charge in [-0.15, -0.1) is 0 Å². The molecule has 0 aliphatic carbocycles. The Morgan fingerprint density at radius 3 is 2.54 bits per heavy atom. The van der Waals surface area contributed by atoms with Crippen molar-refractivity contribution in [1.82, 2.24) is 4.98 Å². The Labute approximate surface area is 163 Å². The number of methoxy groups -OCH3 is 1. The van der Waals surface area contributed by atoms with Gasteiger partial charge in [0, 0.05) is 11.8 Å². The quantitative estimate of drug-likeness (QED) is 0.487. The van der Waals surface area contributed by atoms with Crippen LogP contribution in [0.5, 0.6) is 5.75 Å². The molecule has 0 aliphatic heterocycles. The lowest BCUT2D eigenvalue weighted by Crippen LogP contribution is -2.15. The molecule has 0 radical (unpaired) electrons. The summed E-state index contributed by atoms with van der Waals surface area (Å²) in [6, 6.07) is 16.8. The molecular formula is C21H18N2O4S. The Kier molecular flexibility index (Phi) is 5.86. The zero-order valence-electron chi connectivity index (χ0n) is 15.1. The lowest BCUT2D eigenvalue weighted by molar-refractivity contribution is 0.104. The SMILES string of the molecule is COc1ccc(C(=O)/C=C/c2ccccc2)cc1S(=O)(=O)Nc1cccnc1. The highest BCUT2D eigenvalue weighted by atomic mass is 32.2. The number of benzene rings is 2. The fraction of sp³-hybridized carbons (Fsp3) is 0.0476. The molecule has 6 nitrogen and oxygen atoms in total. The molecule has 0 aliphatic rings. The molecule has 1 aromatic heterocycles. The maximum absolute atomic E-state index is 12.8. The molecule has 0 atom stereocenters. The summed E-state index contributed by atoms with van der Waals surface area (Å²) in [6.07, 6.45) is 6.01. The Bertz CT molecular complexity index is 1100. The first-order chi connectivity index (χ1) is 13.5. The van der Waals surface area contributed by atoms with Crippen LogP contribution in [0.1, 0.15) is 15.9 Å². The number of ketones is 1. The molecule has 0 unspecified atom stereocenters. The predicted octanol–water partition coefficient (Wildman–Crippen LogP) is 3.79. The van der Waals surface area contributed by atoms with Gasteiger partial charge in [-0.3, -0.25) is 14.5 Å². The van der Waals surface area contributed by atoms with Gasteiger partial charge in [0.25, 0.3) is 10.0 Å². The average molecular weight is 394 g/mol. The number of sulfonamides is 1. The summed E-state index contributed by atoms with van der Waals surface area (Å²) in [5, 5.41) is 0. The van der Waals surface area contributed by atoms with Gasteiger partial charge in [0.2, 0.25) is 0 Å². The summed E-state index contributed by atoms with van der Waals surface area (Å²) in [7, 11) is -2.60. The van der Waals surface area contributed by atoms with Crippen LogP contribution in [0.15, 0.2) is 84.0 Å². The van der Waals surface area contributed by atoms with Crippen LogP contribution < -0.4 is 9.46 Å². The predicted molar refractivity (Wildman–Crippen MR) is 108 cm³/mol. The van der Waals surface area contributed by atoms with Gasteiger partial charge in [0.1, 0.15) is 10.6 Å². The van der Waals surface area contributed by atoms with Crippen molar-refractivity contribution in [1.29, 1.82) is 0 Å². The Morgan fingerprint density at radius 1 is 1.07 bits per heavy atom. The minimum Gasteiger partial charge on any atom is -0.495 e. The van der Waals surface area contributed by atoms with E-state index in [2.05, 4.69) is 9.71 Å². The number of allylic oxidation sites excluding steroid dienone is 1. The molecule has 7 heteroatoms. The molecule has 0 spiro atoms. The van der Waals surface area contributed by atoms with E-state index in [4.69, 9.17) is 4.74 Å². The number of rotatable bonds is 7. The van der Waals surface area contributed by atoms with Crippen LogP contribution in [0.3, 0.4) is 0 Å². The highest BCUT2D eigenvalue weighted by Crippen LogP contribution is 2.27. The van der Waals surface area contributed by atoms with Crippen LogP contribution in [-0.4, -0.2) is 26.3 Å². The fourth-order valence-electron chi connectivity index (χ4n) is 2.51. The lowest BCUT2D eigenvalue weighted by atomic mass is 10.1. The number of carbonyl (C=O) groups is 1. The Morgan fingerprint density at radius 2 is 1.86 bits per heavy atom. The van der Waals surface area contributed by atoms with E-state index in [1.54, 1.807) is 18.2 Å². The molecule has 0 amide bonds. The third-order valence-corrected chi connectivity index (χ3v) is 5.28. The van der Waals surface area contributed by atoms with E-state index in [9.17, 15) is 13.2 Å². The molecule has 0 saturated carbocycles. The summed E-state index contributed by atoms with van der Waals surface area (Å²) in [6.45, 7) is 0. The number of hydrogen-bond donors (Lipinski definition) is 1.